The highest BCUT2D eigenvalue weighted by atomic mass is 16.4. The van der Waals surface area contributed by atoms with Crippen molar-refractivity contribution in [2.24, 2.45) is 5.73 Å². The number of anilines is 1. The molecule has 0 fully saturated rings. The first kappa shape index (κ1) is 15.5. The van der Waals surface area contributed by atoms with Crippen molar-refractivity contribution in [3.8, 4) is 5.75 Å². The minimum atomic E-state index is -1.08. The van der Waals surface area contributed by atoms with Gasteiger partial charge in [-0.2, -0.15) is 0 Å². The van der Waals surface area contributed by atoms with Crippen LogP contribution in [0, 0.1) is 0 Å². The van der Waals surface area contributed by atoms with E-state index in [2.05, 4.69) is 5.32 Å². The molecule has 0 bridgehead atoms. The van der Waals surface area contributed by atoms with Crippen LogP contribution >= 0.6 is 0 Å². The Morgan fingerprint density at radius 3 is 2.55 bits per heavy atom. The van der Waals surface area contributed by atoms with Crippen LogP contribution in [0.25, 0.3) is 0 Å². The summed E-state index contributed by atoms with van der Waals surface area (Å²) < 4.78 is 0. The maximum absolute atomic E-state index is 12.1. The van der Waals surface area contributed by atoms with Crippen LogP contribution in [0.2, 0.25) is 0 Å². The van der Waals surface area contributed by atoms with Gasteiger partial charge in [0.15, 0.2) is 0 Å². The van der Waals surface area contributed by atoms with Crippen LogP contribution in [-0.2, 0) is 11.2 Å². The molecule has 22 heavy (non-hydrogen) atoms. The number of rotatable bonds is 5. The number of aromatic hydroxyl groups is 1. The van der Waals surface area contributed by atoms with Crippen molar-refractivity contribution in [2.45, 2.75) is 12.5 Å². The maximum atomic E-state index is 12.1. The number of hydrogen-bond donors (Lipinski definition) is 4. The monoisotopic (exact) mass is 300 g/mol. The van der Waals surface area contributed by atoms with E-state index >= 15 is 0 Å². The van der Waals surface area contributed by atoms with E-state index in [0.717, 1.165) is 0 Å². The van der Waals surface area contributed by atoms with Crippen molar-refractivity contribution in [1.82, 2.24) is 0 Å². The van der Waals surface area contributed by atoms with Crippen LogP contribution in [0.3, 0.4) is 0 Å². The number of para-hydroxylation sites is 1. The molecule has 114 valence electrons. The number of nitrogens with two attached hydrogens (primary N) is 1. The number of phenolic OH excluding ortho intramolecular Hbond substituents is 1. The second-order valence-corrected chi connectivity index (χ2v) is 4.82. The van der Waals surface area contributed by atoms with Crippen molar-refractivity contribution in [1.29, 1.82) is 0 Å². The number of carbonyl (C=O) groups excluding carboxylic acids is 1. The van der Waals surface area contributed by atoms with Gasteiger partial charge in [0.2, 0.25) is 0 Å². The Labute approximate surface area is 127 Å². The lowest BCUT2D eigenvalue weighted by molar-refractivity contribution is -0.138. The Hall–Kier alpha value is -2.86. The summed E-state index contributed by atoms with van der Waals surface area (Å²) in [6.07, 6.45) is 0.162. The van der Waals surface area contributed by atoms with E-state index in [-0.39, 0.29) is 17.7 Å². The molecule has 0 aromatic heterocycles. The highest BCUT2D eigenvalue weighted by Crippen LogP contribution is 2.18. The van der Waals surface area contributed by atoms with Crippen LogP contribution in [0.15, 0.2) is 48.5 Å². The molecule has 5 N–H and O–H groups in total. The molecule has 0 saturated heterocycles. The summed E-state index contributed by atoms with van der Waals surface area (Å²) in [5.41, 5.74) is 6.86. The first-order valence-electron chi connectivity index (χ1n) is 6.64. The molecule has 0 radical (unpaired) electrons. The third-order valence-corrected chi connectivity index (χ3v) is 3.11. The average Bonchev–Trinajstić information content (AvgIpc) is 2.47. The molecule has 2 rings (SSSR count). The topological polar surface area (TPSA) is 113 Å². The van der Waals surface area contributed by atoms with Gasteiger partial charge in [0.25, 0.3) is 5.91 Å². The third-order valence-electron chi connectivity index (χ3n) is 3.11. The molecule has 2 aromatic carbocycles. The largest absolute Gasteiger partial charge is 0.507 e. The van der Waals surface area contributed by atoms with Gasteiger partial charge in [0.05, 0.1) is 5.56 Å². The Kier molecular flexibility index (Phi) is 4.75. The second kappa shape index (κ2) is 6.73. The quantitative estimate of drug-likeness (QED) is 0.670. The number of hydrogen-bond acceptors (Lipinski definition) is 4. The summed E-state index contributed by atoms with van der Waals surface area (Å²) in [5.74, 6) is -1.63. The number of carboxylic acid groups (broad SMARTS) is 1. The normalized spacial score (nSPS) is 11.7. The first-order chi connectivity index (χ1) is 10.5. The lowest BCUT2D eigenvalue weighted by Crippen LogP contribution is -2.32. The first-order valence-corrected chi connectivity index (χ1v) is 6.64. The molecule has 1 atom stereocenters. The number of benzene rings is 2. The molecule has 0 unspecified atom stereocenters. The highest BCUT2D eigenvalue weighted by Gasteiger charge is 2.13. The van der Waals surface area contributed by atoms with Crippen molar-refractivity contribution in [2.75, 3.05) is 5.32 Å². The number of carboxylic acids is 1. The van der Waals surface area contributed by atoms with E-state index in [1.807, 2.05) is 0 Å². The predicted octanol–water partition coefficient (Wildman–Crippen LogP) is 1.60. The van der Waals surface area contributed by atoms with Gasteiger partial charge in [-0.15, -0.1) is 0 Å². The Bertz CT molecular complexity index is 700. The van der Waals surface area contributed by atoms with Crippen LogP contribution in [0.5, 0.6) is 5.75 Å². The molecular weight excluding hydrogens is 284 g/mol. The lowest BCUT2D eigenvalue weighted by atomic mass is 10.1. The van der Waals surface area contributed by atoms with E-state index in [1.165, 1.54) is 12.1 Å². The highest BCUT2D eigenvalue weighted by molar-refractivity contribution is 6.06. The van der Waals surface area contributed by atoms with Gasteiger partial charge in [0, 0.05) is 5.69 Å². The SMILES string of the molecule is N[C@@H](Cc1cccc(NC(=O)c2ccccc2O)c1)C(=O)O. The van der Waals surface area contributed by atoms with Gasteiger partial charge in [0.1, 0.15) is 11.8 Å². The molecule has 0 saturated carbocycles. The van der Waals surface area contributed by atoms with E-state index in [9.17, 15) is 14.7 Å². The Morgan fingerprint density at radius 2 is 1.86 bits per heavy atom. The number of phenols is 1. The fourth-order valence-electron chi connectivity index (χ4n) is 1.98. The molecule has 0 aliphatic rings. The summed E-state index contributed by atoms with van der Waals surface area (Å²) in [6.45, 7) is 0. The average molecular weight is 300 g/mol. The van der Waals surface area contributed by atoms with E-state index < -0.39 is 17.9 Å². The van der Waals surface area contributed by atoms with Crippen molar-refractivity contribution in [3.63, 3.8) is 0 Å². The summed E-state index contributed by atoms with van der Waals surface area (Å²) in [7, 11) is 0. The summed E-state index contributed by atoms with van der Waals surface area (Å²) in [4.78, 5) is 22.9. The standard InChI is InChI=1S/C16H16N2O4/c17-13(16(21)22)9-10-4-3-5-11(8-10)18-15(20)12-6-1-2-7-14(12)19/h1-8,13,19H,9,17H2,(H,18,20)(H,21,22)/t13-/m0/s1. The molecule has 0 aliphatic heterocycles. The fourth-order valence-corrected chi connectivity index (χ4v) is 1.98. The number of amides is 1. The predicted molar refractivity (Wildman–Crippen MR) is 81.8 cm³/mol. The van der Waals surface area contributed by atoms with Crippen molar-refractivity contribution < 1.29 is 19.8 Å². The van der Waals surface area contributed by atoms with Gasteiger partial charge in [-0.05, 0) is 36.2 Å². The van der Waals surface area contributed by atoms with E-state index in [4.69, 9.17) is 10.8 Å². The van der Waals surface area contributed by atoms with Gasteiger partial charge in [-0.3, -0.25) is 9.59 Å². The maximum Gasteiger partial charge on any atom is 0.320 e. The van der Waals surface area contributed by atoms with Crippen LogP contribution in [0.4, 0.5) is 5.69 Å². The molecule has 6 heteroatoms. The van der Waals surface area contributed by atoms with Crippen molar-refractivity contribution >= 4 is 17.6 Å². The van der Waals surface area contributed by atoms with E-state index in [0.29, 0.717) is 11.3 Å². The fraction of sp³-hybridized carbons (Fsp3) is 0.125. The van der Waals surface area contributed by atoms with Crippen molar-refractivity contribution in [3.05, 3.63) is 59.7 Å². The molecule has 2 aromatic rings. The zero-order chi connectivity index (χ0) is 16.1. The zero-order valence-corrected chi connectivity index (χ0v) is 11.7. The summed E-state index contributed by atoms with van der Waals surface area (Å²) in [6, 6.07) is 12.0. The number of nitrogens with one attached hydrogen (secondary N) is 1. The molecule has 0 aliphatic carbocycles. The van der Waals surface area contributed by atoms with Crippen LogP contribution < -0.4 is 11.1 Å². The third kappa shape index (κ3) is 3.83. The zero-order valence-electron chi connectivity index (χ0n) is 11.7. The molecule has 1 amide bonds. The summed E-state index contributed by atoms with van der Waals surface area (Å²) in [5, 5.41) is 21.1. The number of carbonyl (C=O) groups is 2. The smallest absolute Gasteiger partial charge is 0.320 e. The van der Waals surface area contributed by atoms with Gasteiger partial charge < -0.3 is 21.3 Å². The van der Waals surface area contributed by atoms with Gasteiger partial charge in [-0.25, -0.2) is 0 Å². The molecule has 0 spiro atoms. The Morgan fingerprint density at radius 1 is 1.14 bits per heavy atom. The molecular formula is C16H16N2O4. The summed E-state index contributed by atoms with van der Waals surface area (Å²) >= 11 is 0. The van der Waals surface area contributed by atoms with Gasteiger partial charge in [-0.1, -0.05) is 24.3 Å². The minimum absolute atomic E-state index is 0.107. The van der Waals surface area contributed by atoms with Crippen LogP contribution in [-0.4, -0.2) is 28.1 Å². The van der Waals surface area contributed by atoms with E-state index in [1.54, 1.807) is 36.4 Å². The lowest BCUT2D eigenvalue weighted by Gasteiger charge is -2.10. The molecule has 6 nitrogen and oxygen atoms in total. The second-order valence-electron chi connectivity index (χ2n) is 4.82. The van der Waals surface area contributed by atoms with Gasteiger partial charge >= 0.3 is 5.97 Å². The van der Waals surface area contributed by atoms with Crippen LogP contribution in [0.1, 0.15) is 15.9 Å². The number of aliphatic carboxylic acids is 1. The molecule has 0 heterocycles. The Balaban J connectivity index is 2.12. The minimum Gasteiger partial charge on any atom is -0.507 e.